The molecule has 0 saturated heterocycles. The summed E-state index contributed by atoms with van der Waals surface area (Å²) in [6.07, 6.45) is 21.8. The number of benzene rings is 2. The molecule has 0 atom stereocenters. The van der Waals surface area contributed by atoms with Crippen LogP contribution in [0.15, 0.2) is 54.6 Å². The first-order chi connectivity index (χ1) is 19.9. The summed E-state index contributed by atoms with van der Waals surface area (Å²) < 4.78 is 0. The summed E-state index contributed by atoms with van der Waals surface area (Å²) in [5, 5.41) is 2.46. The molecule has 41 heavy (non-hydrogen) atoms. The molecule has 2 aromatic rings. The molecular weight excluding hydrogens is 655 g/mol. The van der Waals surface area contributed by atoms with Crippen LogP contribution in [0, 0.1) is 35.5 Å². The Morgan fingerprint density at radius 2 is 1.07 bits per heavy atom. The fourth-order valence-electron chi connectivity index (χ4n) is 13.3. The van der Waals surface area contributed by atoms with E-state index in [1.165, 1.54) is 107 Å². The number of hydrogen-bond donors (Lipinski definition) is 1. The van der Waals surface area contributed by atoms with Crippen molar-refractivity contribution in [3.05, 3.63) is 54.6 Å². The van der Waals surface area contributed by atoms with Crippen molar-refractivity contribution < 1.29 is 15.9 Å². The van der Waals surface area contributed by atoms with Crippen molar-refractivity contribution in [3.8, 4) is 11.1 Å². The standard InChI is InChI=1S/C36H50NP.2ClH.Pd/c1-2-3-13-38(37,35-20-26-14-27(21-35)16-28(15-26)22-35,36-23-29-17-30(24-36)19-31(18-29)25-36)34-12-8-7-11-33(34)32-9-5-4-6-10-32;;;/h4-12,26-31H,2-3,13-25,37H2,1H3;2*1H;/q;;;+2/p-2. The molecule has 2 aromatic carbocycles. The Balaban J connectivity index is 0.000000884. The van der Waals surface area contributed by atoms with Gasteiger partial charge in [-0.05, 0) is 0 Å². The van der Waals surface area contributed by atoms with E-state index in [0.29, 0.717) is 10.3 Å². The number of hydrogen-bond acceptors (Lipinski definition) is 1. The van der Waals surface area contributed by atoms with Gasteiger partial charge in [-0.2, -0.15) is 0 Å². The Labute approximate surface area is 265 Å². The third kappa shape index (κ3) is 4.39. The van der Waals surface area contributed by atoms with Gasteiger partial charge in [-0.1, -0.05) is 0 Å². The van der Waals surface area contributed by atoms with Gasteiger partial charge in [0.25, 0.3) is 0 Å². The second-order valence-corrected chi connectivity index (χ2v) is 23.6. The quantitative estimate of drug-likeness (QED) is 0.225. The van der Waals surface area contributed by atoms with Crippen LogP contribution in [0.25, 0.3) is 11.1 Å². The fraction of sp³-hybridized carbons (Fsp3) is 0.667. The van der Waals surface area contributed by atoms with E-state index >= 15 is 0 Å². The molecule has 0 amide bonds. The van der Waals surface area contributed by atoms with Crippen LogP contribution in [0.3, 0.4) is 0 Å². The van der Waals surface area contributed by atoms with Gasteiger partial charge in [0.15, 0.2) is 0 Å². The normalized spacial score (nSPS) is 39.3. The second kappa shape index (κ2) is 11.1. The van der Waals surface area contributed by atoms with Gasteiger partial charge in [0.2, 0.25) is 0 Å². The summed E-state index contributed by atoms with van der Waals surface area (Å²) >= 11 is -0.106. The molecule has 0 radical (unpaired) electrons. The molecule has 0 aliphatic heterocycles. The van der Waals surface area contributed by atoms with E-state index in [1.807, 2.05) is 0 Å². The maximum atomic E-state index is 9.10. The first kappa shape index (κ1) is 29.8. The van der Waals surface area contributed by atoms with Crippen LogP contribution in [-0.2, 0) is 15.9 Å². The van der Waals surface area contributed by atoms with E-state index in [-0.39, 0.29) is 15.9 Å². The zero-order valence-corrected chi connectivity index (χ0v) is 28.8. The number of rotatable bonds is 7. The number of halogens is 2. The van der Waals surface area contributed by atoms with Crippen molar-refractivity contribution >= 4 is 31.1 Å². The predicted molar refractivity (Wildman–Crippen MR) is 176 cm³/mol. The molecule has 5 heteroatoms. The van der Waals surface area contributed by atoms with E-state index in [9.17, 15) is 0 Å². The van der Waals surface area contributed by atoms with E-state index in [4.69, 9.17) is 24.6 Å². The van der Waals surface area contributed by atoms with Gasteiger partial charge in [-0.3, -0.25) is 0 Å². The van der Waals surface area contributed by atoms with Crippen molar-refractivity contribution in [2.24, 2.45) is 41.0 Å². The molecule has 0 unspecified atom stereocenters. The summed E-state index contributed by atoms with van der Waals surface area (Å²) in [6.45, 7) is -0.532. The molecule has 8 fully saturated rings. The van der Waals surface area contributed by atoms with Crippen molar-refractivity contribution in [2.75, 3.05) is 6.16 Å². The molecule has 8 saturated carbocycles. The van der Waals surface area contributed by atoms with Gasteiger partial charge >= 0.3 is 267 Å². The van der Waals surface area contributed by atoms with E-state index in [0.717, 1.165) is 35.5 Å². The molecule has 0 heterocycles. The van der Waals surface area contributed by atoms with Crippen LogP contribution in [0.1, 0.15) is 96.8 Å². The molecule has 0 spiro atoms. The second-order valence-electron chi connectivity index (χ2n) is 15.7. The van der Waals surface area contributed by atoms with Gasteiger partial charge in [-0.25, -0.2) is 0 Å². The molecule has 8 aliphatic carbocycles. The molecule has 10 rings (SSSR count). The Hall–Kier alpha value is 0.0723. The minimum absolute atomic E-state index is 0.106. The minimum atomic E-state index is -2.97. The third-order valence-corrected chi connectivity index (χ3v) is 21.9. The Bertz CT molecular complexity index is 1130. The summed E-state index contributed by atoms with van der Waals surface area (Å²) in [4.78, 5) is 0. The van der Waals surface area contributed by atoms with Crippen molar-refractivity contribution in [1.82, 2.24) is 0 Å². The van der Waals surface area contributed by atoms with Crippen LogP contribution in [0.4, 0.5) is 0 Å². The van der Waals surface area contributed by atoms with E-state index in [2.05, 4.69) is 61.5 Å². The van der Waals surface area contributed by atoms with Gasteiger partial charge < -0.3 is 0 Å². The zero-order valence-electron chi connectivity index (χ0n) is 24.9. The SMILES string of the molecule is CCCCP(N)(c1ccccc1-c1ccccc1)(C12CC3CC(CC(C3)C1)C2)C12CC3CC(CC(C3)C1)C2.[Cl][Pd][Cl]. The molecular formula is C36H50Cl2NPPd. The van der Waals surface area contributed by atoms with Crippen molar-refractivity contribution in [3.63, 3.8) is 0 Å². The molecule has 2 N–H and O–H groups in total. The van der Waals surface area contributed by atoms with Crippen LogP contribution < -0.4 is 10.8 Å². The zero-order chi connectivity index (χ0) is 28.3. The monoisotopic (exact) mass is 703 g/mol. The van der Waals surface area contributed by atoms with Crippen molar-refractivity contribution in [2.45, 2.75) is 107 Å². The molecule has 8 aliphatic rings. The summed E-state index contributed by atoms with van der Waals surface area (Å²) in [5.41, 5.74) is 12.0. The van der Waals surface area contributed by atoms with E-state index in [1.54, 1.807) is 5.30 Å². The van der Waals surface area contributed by atoms with Gasteiger partial charge in [0.05, 0.1) is 0 Å². The Kier molecular flexibility index (Phi) is 8.09. The van der Waals surface area contributed by atoms with Gasteiger partial charge in [-0.15, -0.1) is 0 Å². The average molecular weight is 705 g/mol. The van der Waals surface area contributed by atoms with E-state index < -0.39 is 6.75 Å². The maximum absolute atomic E-state index is 9.10. The molecule has 228 valence electrons. The summed E-state index contributed by atoms with van der Waals surface area (Å²) in [6, 6.07) is 21.2. The van der Waals surface area contributed by atoms with Crippen LogP contribution >= 0.6 is 25.8 Å². The molecule has 1 nitrogen and oxygen atoms in total. The molecule has 8 bridgehead atoms. The first-order valence-corrected chi connectivity index (χ1v) is 23.1. The van der Waals surface area contributed by atoms with Crippen LogP contribution in [0.2, 0.25) is 0 Å². The van der Waals surface area contributed by atoms with Gasteiger partial charge in [0.1, 0.15) is 0 Å². The Morgan fingerprint density at radius 3 is 1.49 bits per heavy atom. The topological polar surface area (TPSA) is 26.0 Å². The van der Waals surface area contributed by atoms with Crippen molar-refractivity contribution in [1.29, 1.82) is 0 Å². The predicted octanol–water partition coefficient (Wildman–Crippen LogP) is 10.5. The first-order valence-electron chi connectivity index (χ1n) is 16.6. The van der Waals surface area contributed by atoms with Gasteiger partial charge in [0, 0.05) is 0 Å². The average Bonchev–Trinajstić information content (AvgIpc) is 2.95. The van der Waals surface area contributed by atoms with Crippen LogP contribution in [0.5, 0.6) is 0 Å². The molecule has 0 aromatic heterocycles. The van der Waals surface area contributed by atoms with Crippen LogP contribution in [-0.4, -0.2) is 16.5 Å². The summed E-state index contributed by atoms with van der Waals surface area (Å²) in [5.74, 6) is 5.70. The number of unbranched alkanes of at least 4 members (excludes halogenated alkanes) is 1. The third-order valence-electron chi connectivity index (χ3n) is 13.7. The fourth-order valence-corrected chi connectivity index (χ4v) is 22.7. The number of nitrogens with two attached hydrogens (primary N) is 1. The summed E-state index contributed by atoms with van der Waals surface area (Å²) in [7, 11) is 9.63. The Morgan fingerprint density at radius 1 is 0.683 bits per heavy atom.